The molecule has 0 spiro atoms. The van der Waals surface area contributed by atoms with Gasteiger partial charge in [-0.3, -0.25) is 4.79 Å². The number of benzene rings is 1. The highest BCUT2D eigenvalue weighted by Crippen LogP contribution is 2.35. The van der Waals surface area contributed by atoms with Crippen LogP contribution in [0.3, 0.4) is 0 Å². The van der Waals surface area contributed by atoms with E-state index >= 15 is 0 Å². The number of aryl methyl sites for hydroxylation is 1. The van der Waals surface area contributed by atoms with Gasteiger partial charge < -0.3 is 20.7 Å². The number of rotatable bonds is 5. The number of thiophene rings is 1. The Bertz CT molecular complexity index is 1040. The lowest BCUT2D eigenvalue weighted by molar-refractivity contribution is -0.113. The van der Waals surface area contributed by atoms with E-state index in [0.717, 1.165) is 10.4 Å². The zero-order valence-corrected chi connectivity index (χ0v) is 18.6. The smallest absolute Gasteiger partial charge is 0.341 e. The molecule has 1 aromatic carbocycles. The summed E-state index contributed by atoms with van der Waals surface area (Å²) in [6, 6.07) is 5.30. The Labute approximate surface area is 183 Å². The second-order valence-corrected chi connectivity index (χ2v) is 8.42. The summed E-state index contributed by atoms with van der Waals surface area (Å²) >= 11 is 6.55. The number of nitrogens with one attached hydrogen (secondary N) is 3. The van der Waals surface area contributed by atoms with Crippen LogP contribution in [-0.4, -0.2) is 23.6 Å². The van der Waals surface area contributed by atoms with Gasteiger partial charge in [0.25, 0.3) is 5.91 Å². The van der Waals surface area contributed by atoms with E-state index in [1.165, 1.54) is 23.5 Å². The fourth-order valence-corrected chi connectivity index (χ4v) is 4.55. The van der Waals surface area contributed by atoms with Gasteiger partial charge in [0.1, 0.15) is 10.8 Å². The van der Waals surface area contributed by atoms with Crippen molar-refractivity contribution in [2.45, 2.75) is 33.7 Å². The second kappa shape index (κ2) is 8.93. The maximum Gasteiger partial charge on any atom is 0.341 e. The van der Waals surface area contributed by atoms with Gasteiger partial charge in [0.15, 0.2) is 5.11 Å². The van der Waals surface area contributed by atoms with Gasteiger partial charge in [-0.2, -0.15) is 0 Å². The molecule has 1 aliphatic rings. The molecule has 0 unspecified atom stereocenters. The third-order valence-corrected chi connectivity index (χ3v) is 6.15. The quantitative estimate of drug-likeness (QED) is 0.473. The number of carbonyl (C=O) groups excluding carboxylic acids is 2. The Balaban J connectivity index is 1.97. The van der Waals surface area contributed by atoms with Crippen LogP contribution in [-0.2, 0) is 9.53 Å². The van der Waals surface area contributed by atoms with E-state index in [-0.39, 0.29) is 12.4 Å². The zero-order valence-electron chi connectivity index (χ0n) is 17.0. The Morgan fingerprint density at radius 2 is 1.90 bits per heavy atom. The molecule has 30 heavy (non-hydrogen) atoms. The van der Waals surface area contributed by atoms with Gasteiger partial charge in [-0.25, -0.2) is 9.18 Å². The van der Waals surface area contributed by atoms with Gasteiger partial charge in [0.2, 0.25) is 0 Å². The van der Waals surface area contributed by atoms with Crippen LogP contribution < -0.4 is 16.0 Å². The maximum atomic E-state index is 13.4. The summed E-state index contributed by atoms with van der Waals surface area (Å²) in [4.78, 5) is 26.6. The molecule has 1 atom stereocenters. The summed E-state index contributed by atoms with van der Waals surface area (Å²) in [6.07, 6.45) is 0. The van der Waals surface area contributed by atoms with E-state index in [4.69, 9.17) is 17.0 Å². The molecule has 0 saturated carbocycles. The van der Waals surface area contributed by atoms with Crippen LogP contribution in [0, 0.1) is 19.7 Å². The predicted octanol–water partition coefficient (Wildman–Crippen LogP) is 4.11. The van der Waals surface area contributed by atoms with Crippen molar-refractivity contribution in [2.75, 3.05) is 11.9 Å². The third-order valence-electron chi connectivity index (χ3n) is 4.81. The summed E-state index contributed by atoms with van der Waals surface area (Å²) in [5.74, 6) is -1.24. The van der Waals surface area contributed by atoms with Crippen molar-refractivity contribution in [1.29, 1.82) is 0 Å². The Morgan fingerprint density at radius 1 is 1.23 bits per heavy atom. The van der Waals surface area contributed by atoms with Crippen molar-refractivity contribution in [3.05, 3.63) is 62.9 Å². The second-order valence-electron chi connectivity index (χ2n) is 6.78. The number of ether oxygens (including phenoxy) is 1. The Morgan fingerprint density at radius 3 is 2.53 bits per heavy atom. The monoisotopic (exact) mass is 447 g/mol. The molecule has 0 bridgehead atoms. The first kappa shape index (κ1) is 21.9. The van der Waals surface area contributed by atoms with Crippen molar-refractivity contribution in [3.8, 4) is 0 Å². The first-order valence-electron chi connectivity index (χ1n) is 9.35. The van der Waals surface area contributed by atoms with Crippen LogP contribution in [0.15, 0.2) is 35.5 Å². The van der Waals surface area contributed by atoms with Crippen LogP contribution in [0.25, 0.3) is 0 Å². The summed E-state index contributed by atoms with van der Waals surface area (Å²) in [6.45, 7) is 7.42. The van der Waals surface area contributed by atoms with Gasteiger partial charge in [-0.1, -0.05) is 12.1 Å². The number of amides is 1. The first-order valence-corrected chi connectivity index (χ1v) is 10.6. The lowest BCUT2D eigenvalue weighted by atomic mass is 9.95. The van der Waals surface area contributed by atoms with Crippen LogP contribution in [0.5, 0.6) is 0 Å². The summed E-state index contributed by atoms with van der Waals surface area (Å²) in [5.41, 5.74) is 2.79. The largest absolute Gasteiger partial charge is 0.462 e. The summed E-state index contributed by atoms with van der Waals surface area (Å²) in [7, 11) is 0. The standard InChI is InChI=1S/C21H22FN3O3S2/c1-5-28-20(27)15-10(2)12(4)30-19(15)25-18(26)16-11(3)23-21(29)24-17(16)13-6-8-14(22)9-7-13/h6-9,17H,5H2,1-4H3,(H,25,26)(H2,23,24,29)/t17-/m1/s1. The van der Waals surface area contributed by atoms with Crippen molar-refractivity contribution in [1.82, 2.24) is 10.6 Å². The third kappa shape index (κ3) is 4.36. The minimum Gasteiger partial charge on any atom is -0.462 e. The van der Waals surface area contributed by atoms with Gasteiger partial charge in [-0.15, -0.1) is 11.3 Å². The topological polar surface area (TPSA) is 79.5 Å². The molecule has 1 aromatic heterocycles. The molecule has 2 heterocycles. The Hall–Kier alpha value is -2.78. The molecular weight excluding hydrogens is 425 g/mol. The summed E-state index contributed by atoms with van der Waals surface area (Å²) < 4.78 is 18.5. The molecule has 1 aliphatic heterocycles. The molecule has 0 aliphatic carbocycles. The van der Waals surface area contributed by atoms with E-state index < -0.39 is 17.9 Å². The molecule has 1 amide bonds. The van der Waals surface area contributed by atoms with Crippen LogP contribution in [0.2, 0.25) is 0 Å². The number of thiocarbonyl (C=S) groups is 1. The molecule has 6 nitrogen and oxygen atoms in total. The average Bonchev–Trinajstić information content (AvgIpc) is 2.95. The van der Waals surface area contributed by atoms with Crippen LogP contribution in [0.1, 0.15) is 46.3 Å². The summed E-state index contributed by atoms with van der Waals surface area (Å²) in [5, 5.41) is 9.68. The minimum absolute atomic E-state index is 0.239. The number of allylic oxidation sites excluding steroid dienone is 1. The number of esters is 1. The van der Waals surface area contributed by atoms with E-state index in [0.29, 0.717) is 32.5 Å². The van der Waals surface area contributed by atoms with Crippen molar-refractivity contribution in [2.24, 2.45) is 0 Å². The van der Waals surface area contributed by atoms with Crippen molar-refractivity contribution in [3.63, 3.8) is 0 Å². The molecule has 3 rings (SSSR count). The molecule has 0 radical (unpaired) electrons. The molecule has 2 aromatic rings. The highest BCUT2D eigenvalue weighted by atomic mass is 32.1. The molecule has 0 fully saturated rings. The molecular formula is C21H22FN3O3S2. The number of hydrogen-bond acceptors (Lipinski definition) is 5. The van der Waals surface area contributed by atoms with Crippen LogP contribution >= 0.6 is 23.6 Å². The lowest BCUT2D eigenvalue weighted by Gasteiger charge is -2.30. The van der Waals surface area contributed by atoms with Gasteiger partial charge in [0, 0.05) is 10.6 Å². The molecule has 158 valence electrons. The zero-order chi connectivity index (χ0) is 22.0. The number of anilines is 1. The van der Waals surface area contributed by atoms with E-state index in [1.54, 1.807) is 26.0 Å². The van der Waals surface area contributed by atoms with Crippen molar-refractivity contribution >= 4 is 45.5 Å². The van der Waals surface area contributed by atoms with Crippen LogP contribution in [0.4, 0.5) is 9.39 Å². The van der Waals surface area contributed by atoms with Gasteiger partial charge in [-0.05, 0) is 63.2 Å². The fraction of sp³-hybridized carbons (Fsp3) is 0.286. The van der Waals surface area contributed by atoms with Gasteiger partial charge in [0.05, 0.1) is 23.8 Å². The van der Waals surface area contributed by atoms with E-state index in [9.17, 15) is 14.0 Å². The highest BCUT2D eigenvalue weighted by Gasteiger charge is 2.31. The van der Waals surface area contributed by atoms with E-state index in [1.807, 2.05) is 13.8 Å². The molecule has 0 saturated heterocycles. The predicted molar refractivity (Wildman–Crippen MR) is 119 cm³/mol. The number of halogens is 1. The molecule has 9 heteroatoms. The minimum atomic E-state index is -0.562. The number of hydrogen-bond donors (Lipinski definition) is 3. The SMILES string of the molecule is CCOC(=O)c1c(NC(=O)C2=C(C)NC(=S)N[C@@H]2c2ccc(F)cc2)sc(C)c1C. The van der Waals surface area contributed by atoms with Crippen molar-refractivity contribution < 1.29 is 18.7 Å². The maximum absolute atomic E-state index is 13.4. The fourth-order valence-electron chi connectivity index (χ4n) is 3.23. The highest BCUT2D eigenvalue weighted by molar-refractivity contribution is 7.80. The Kier molecular flexibility index (Phi) is 6.52. The average molecular weight is 448 g/mol. The lowest BCUT2D eigenvalue weighted by Crippen LogP contribution is -2.45. The number of carbonyl (C=O) groups is 2. The normalized spacial score (nSPS) is 16.0. The van der Waals surface area contributed by atoms with Gasteiger partial charge >= 0.3 is 5.97 Å². The van der Waals surface area contributed by atoms with E-state index in [2.05, 4.69) is 16.0 Å². The molecule has 3 N–H and O–H groups in total. The first-order chi connectivity index (χ1) is 14.2.